The Morgan fingerprint density at radius 2 is 2.18 bits per heavy atom. The highest BCUT2D eigenvalue weighted by molar-refractivity contribution is 5.60. The first-order valence-corrected chi connectivity index (χ1v) is 6.62. The number of para-hydroxylation sites is 1. The van der Waals surface area contributed by atoms with Crippen LogP contribution >= 0.6 is 0 Å². The van der Waals surface area contributed by atoms with Crippen molar-refractivity contribution in [3.63, 3.8) is 0 Å². The lowest BCUT2D eigenvalue weighted by atomic mass is 9.96. The van der Waals surface area contributed by atoms with Gasteiger partial charge in [-0.1, -0.05) is 25.5 Å². The van der Waals surface area contributed by atoms with Crippen LogP contribution in [0, 0.1) is 11.3 Å². The van der Waals surface area contributed by atoms with Crippen molar-refractivity contribution in [1.29, 1.82) is 5.26 Å². The fraction of sp³-hybridized carbons (Fsp3) is 0.533. The average Bonchev–Trinajstić information content (AvgIpc) is 2.40. The number of piperidine rings is 1. The van der Waals surface area contributed by atoms with Crippen LogP contribution in [-0.2, 0) is 0 Å². The van der Waals surface area contributed by atoms with Crippen LogP contribution in [0.25, 0.3) is 0 Å². The number of nitriles is 1. The van der Waals surface area contributed by atoms with Crippen molar-refractivity contribution in [3.05, 3.63) is 29.8 Å². The van der Waals surface area contributed by atoms with Crippen LogP contribution in [0.5, 0.6) is 0 Å². The summed E-state index contributed by atoms with van der Waals surface area (Å²) in [7, 11) is 0. The molecule has 0 bridgehead atoms. The molecule has 0 N–H and O–H groups in total. The number of nitrogens with zero attached hydrogens (tertiary/aromatic N) is 2. The topological polar surface area (TPSA) is 27.0 Å². The molecule has 1 aliphatic rings. The van der Waals surface area contributed by atoms with Crippen molar-refractivity contribution in [1.82, 2.24) is 0 Å². The van der Waals surface area contributed by atoms with Crippen LogP contribution in [0.3, 0.4) is 0 Å². The third-order valence-electron chi connectivity index (χ3n) is 3.58. The Bertz CT molecular complexity index is 404. The molecule has 0 radical (unpaired) electrons. The number of hydrogen-bond acceptors (Lipinski definition) is 2. The molecule has 2 nitrogen and oxygen atoms in total. The van der Waals surface area contributed by atoms with E-state index in [-0.39, 0.29) is 0 Å². The third kappa shape index (κ3) is 2.61. The molecular weight excluding hydrogens is 208 g/mol. The molecule has 1 heterocycles. The standard InChI is InChI=1S/C15H20N2/c1-2-7-14-9-5-6-11-17(14)15-10-4-3-8-13(15)12-16/h3-4,8,10,14H,2,5-7,9,11H2,1H3. The molecular formula is C15H20N2. The van der Waals surface area contributed by atoms with Crippen LogP contribution < -0.4 is 4.90 Å². The lowest BCUT2D eigenvalue weighted by Crippen LogP contribution is -2.39. The summed E-state index contributed by atoms with van der Waals surface area (Å²) < 4.78 is 0. The smallest absolute Gasteiger partial charge is 0.101 e. The lowest BCUT2D eigenvalue weighted by Gasteiger charge is -2.38. The molecule has 2 heteroatoms. The first-order chi connectivity index (χ1) is 8.36. The highest BCUT2D eigenvalue weighted by Crippen LogP contribution is 2.29. The zero-order valence-corrected chi connectivity index (χ0v) is 10.5. The largest absolute Gasteiger partial charge is 0.367 e. The van der Waals surface area contributed by atoms with Gasteiger partial charge in [0.2, 0.25) is 0 Å². The summed E-state index contributed by atoms with van der Waals surface area (Å²) in [5.74, 6) is 0. The monoisotopic (exact) mass is 228 g/mol. The first-order valence-electron chi connectivity index (χ1n) is 6.62. The van der Waals surface area contributed by atoms with E-state index in [2.05, 4.69) is 24.0 Å². The van der Waals surface area contributed by atoms with Gasteiger partial charge in [0.1, 0.15) is 6.07 Å². The second kappa shape index (κ2) is 5.72. The Labute approximate surface area is 104 Å². The molecule has 1 aliphatic heterocycles. The van der Waals surface area contributed by atoms with Crippen LogP contribution in [-0.4, -0.2) is 12.6 Å². The summed E-state index contributed by atoms with van der Waals surface area (Å²) in [6.07, 6.45) is 6.30. The van der Waals surface area contributed by atoms with Crippen LogP contribution in [0.1, 0.15) is 44.6 Å². The predicted molar refractivity (Wildman–Crippen MR) is 71.1 cm³/mol. The summed E-state index contributed by atoms with van der Waals surface area (Å²) in [4.78, 5) is 2.45. The van der Waals surface area contributed by atoms with Gasteiger partial charge >= 0.3 is 0 Å². The van der Waals surface area contributed by atoms with E-state index in [1.165, 1.54) is 32.1 Å². The quantitative estimate of drug-likeness (QED) is 0.788. The minimum atomic E-state index is 0.628. The van der Waals surface area contributed by atoms with Crippen molar-refractivity contribution < 1.29 is 0 Å². The van der Waals surface area contributed by atoms with Gasteiger partial charge in [0, 0.05) is 12.6 Å². The fourth-order valence-electron chi connectivity index (χ4n) is 2.77. The summed E-state index contributed by atoms with van der Waals surface area (Å²) in [6.45, 7) is 3.34. The maximum atomic E-state index is 9.19. The molecule has 1 atom stereocenters. The Morgan fingerprint density at radius 3 is 2.94 bits per heavy atom. The van der Waals surface area contributed by atoms with Gasteiger partial charge in [0.05, 0.1) is 11.3 Å². The second-order valence-corrected chi connectivity index (χ2v) is 4.76. The van der Waals surface area contributed by atoms with Gasteiger partial charge in [-0.25, -0.2) is 0 Å². The summed E-state index contributed by atoms with van der Waals surface area (Å²) in [5, 5.41) is 9.19. The SMILES string of the molecule is CCCC1CCCCN1c1ccccc1C#N. The number of hydrogen-bond donors (Lipinski definition) is 0. The molecule has 90 valence electrons. The zero-order chi connectivity index (χ0) is 12.1. The van der Waals surface area contributed by atoms with Gasteiger partial charge in [-0.2, -0.15) is 5.26 Å². The lowest BCUT2D eigenvalue weighted by molar-refractivity contribution is 0.434. The average molecular weight is 228 g/mol. The Hall–Kier alpha value is -1.49. The first kappa shape index (κ1) is 12.0. The van der Waals surface area contributed by atoms with Crippen molar-refractivity contribution in [2.24, 2.45) is 0 Å². The van der Waals surface area contributed by atoms with Gasteiger partial charge in [-0.3, -0.25) is 0 Å². The van der Waals surface area contributed by atoms with E-state index in [1.54, 1.807) is 0 Å². The van der Waals surface area contributed by atoms with Gasteiger partial charge in [0.15, 0.2) is 0 Å². The number of rotatable bonds is 3. The number of anilines is 1. The zero-order valence-electron chi connectivity index (χ0n) is 10.5. The minimum absolute atomic E-state index is 0.628. The maximum absolute atomic E-state index is 9.19. The van der Waals surface area contributed by atoms with Gasteiger partial charge in [-0.15, -0.1) is 0 Å². The molecule has 1 unspecified atom stereocenters. The van der Waals surface area contributed by atoms with E-state index >= 15 is 0 Å². The summed E-state index contributed by atoms with van der Waals surface area (Å²) in [5.41, 5.74) is 1.95. The van der Waals surface area contributed by atoms with Crippen molar-refractivity contribution >= 4 is 5.69 Å². The van der Waals surface area contributed by atoms with Crippen molar-refractivity contribution in [2.45, 2.75) is 45.1 Å². The van der Waals surface area contributed by atoms with E-state index < -0.39 is 0 Å². The molecule has 1 fully saturated rings. The third-order valence-corrected chi connectivity index (χ3v) is 3.58. The van der Waals surface area contributed by atoms with Crippen LogP contribution in [0.4, 0.5) is 5.69 Å². The predicted octanol–water partition coefficient (Wildman–Crippen LogP) is 3.72. The molecule has 1 aromatic rings. The molecule has 0 amide bonds. The van der Waals surface area contributed by atoms with Gasteiger partial charge < -0.3 is 4.90 Å². The Morgan fingerprint density at radius 1 is 1.35 bits per heavy atom. The normalized spacial score (nSPS) is 20.0. The van der Waals surface area contributed by atoms with Crippen LogP contribution in [0.2, 0.25) is 0 Å². The van der Waals surface area contributed by atoms with E-state index in [9.17, 15) is 5.26 Å². The maximum Gasteiger partial charge on any atom is 0.101 e. The van der Waals surface area contributed by atoms with Gasteiger partial charge in [0.25, 0.3) is 0 Å². The van der Waals surface area contributed by atoms with Crippen LogP contribution in [0.15, 0.2) is 24.3 Å². The molecule has 1 aromatic carbocycles. The van der Waals surface area contributed by atoms with E-state index in [0.717, 1.165) is 17.8 Å². The Balaban J connectivity index is 2.26. The molecule has 17 heavy (non-hydrogen) atoms. The molecule has 0 saturated carbocycles. The van der Waals surface area contributed by atoms with Crippen molar-refractivity contribution in [3.8, 4) is 6.07 Å². The molecule has 0 spiro atoms. The van der Waals surface area contributed by atoms with E-state index in [1.807, 2.05) is 18.2 Å². The molecule has 0 aromatic heterocycles. The second-order valence-electron chi connectivity index (χ2n) is 4.76. The van der Waals surface area contributed by atoms with Gasteiger partial charge in [-0.05, 0) is 37.8 Å². The fourth-order valence-corrected chi connectivity index (χ4v) is 2.77. The van der Waals surface area contributed by atoms with E-state index in [4.69, 9.17) is 0 Å². The highest BCUT2D eigenvalue weighted by Gasteiger charge is 2.23. The molecule has 0 aliphatic carbocycles. The van der Waals surface area contributed by atoms with Crippen molar-refractivity contribution in [2.75, 3.05) is 11.4 Å². The molecule has 1 saturated heterocycles. The number of benzene rings is 1. The molecule has 2 rings (SSSR count). The summed E-state index contributed by atoms with van der Waals surface area (Å²) >= 11 is 0. The van der Waals surface area contributed by atoms with E-state index in [0.29, 0.717) is 6.04 Å². The Kier molecular flexibility index (Phi) is 4.03. The highest BCUT2D eigenvalue weighted by atomic mass is 15.2. The minimum Gasteiger partial charge on any atom is -0.367 e. The summed E-state index contributed by atoms with van der Waals surface area (Å²) in [6, 6.07) is 10.9.